The molecule has 1 aliphatic heterocycles. The lowest BCUT2D eigenvalue weighted by atomic mass is 10.0. The van der Waals surface area contributed by atoms with Crippen LogP contribution in [0.2, 0.25) is 0 Å². The summed E-state index contributed by atoms with van der Waals surface area (Å²) in [5, 5.41) is 11.8. The van der Waals surface area contributed by atoms with Crippen molar-refractivity contribution in [1.29, 1.82) is 0 Å². The second-order valence-corrected chi connectivity index (χ2v) is 9.30. The number of hydrogen-bond donors (Lipinski definition) is 2. The molecule has 0 saturated carbocycles. The van der Waals surface area contributed by atoms with Gasteiger partial charge in [-0.05, 0) is 66.4 Å². The van der Waals surface area contributed by atoms with Gasteiger partial charge in [-0.2, -0.15) is 0 Å². The molecule has 1 amide bonds. The maximum Gasteiger partial charge on any atom is 0.259 e. The van der Waals surface area contributed by atoms with Gasteiger partial charge in [-0.25, -0.2) is 8.42 Å². The van der Waals surface area contributed by atoms with E-state index in [9.17, 15) is 13.2 Å². The molecule has 1 aliphatic rings. The van der Waals surface area contributed by atoms with Gasteiger partial charge in [-0.15, -0.1) is 0 Å². The summed E-state index contributed by atoms with van der Waals surface area (Å²) < 4.78 is 30.9. The SMILES string of the molecule is Cc1ccc2c(c1)NC(=O)c1cc(-c3cccc(S(=O)(=O)CCCO)c3)ccc1O2. The van der Waals surface area contributed by atoms with Crippen LogP contribution < -0.4 is 10.1 Å². The number of fused-ring (bicyclic) bond motifs is 2. The molecule has 0 aromatic heterocycles. The number of anilines is 1. The lowest BCUT2D eigenvalue weighted by Gasteiger charge is -2.10. The number of aliphatic hydroxyl groups excluding tert-OH is 1. The van der Waals surface area contributed by atoms with Gasteiger partial charge in [0.15, 0.2) is 15.6 Å². The number of carbonyl (C=O) groups is 1. The van der Waals surface area contributed by atoms with Crippen molar-refractivity contribution in [2.75, 3.05) is 17.7 Å². The third-order valence-corrected chi connectivity index (χ3v) is 6.72. The van der Waals surface area contributed by atoms with Gasteiger partial charge in [0.2, 0.25) is 0 Å². The highest BCUT2D eigenvalue weighted by atomic mass is 32.2. The Kier molecular flexibility index (Phi) is 5.32. The number of sulfone groups is 1. The minimum Gasteiger partial charge on any atom is -0.454 e. The monoisotopic (exact) mass is 423 g/mol. The molecule has 7 heteroatoms. The van der Waals surface area contributed by atoms with E-state index in [1.165, 1.54) is 6.07 Å². The summed E-state index contributed by atoms with van der Waals surface area (Å²) >= 11 is 0. The zero-order valence-corrected chi connectivity index (χ0v) is 17.2. The van der Waals surface area contributed by atoms with Gasteiger partial charge < -0.3 is 15.2 Å². The molecule has 0 radical (unpaired) electrons. The minimum atomic E-state index is -3.49. The van der Waals surface area contributed by atoms with Crippen LogP contribution in [0.1, 0.15) is 22.3 Å². The number of amides is 1. The number of hydrogen-bond acceptors (Lipinski definition) is 5. The van der Waals surface area contributed by atoms with Crippen LogP contribution in [0, 0.1) is 6.92 Å². The van der Waals surface area contributed by atoms with Gasteiger partial charge in [0.1, 0.15) is 5.75 Å². The summed E-state index contributed by atoms with van der Waals surface area (Å²) in [5.41, 5.74) is 3.36. The number of benzene rings is 3. The molecule has 30 heavy (non-hydrogen) atoms. The maximum absolute atomic E-state index is 12.8. The molecule has 2 N–H and O–H groups in total. The fourth-order valence-corrected chi connectivity index (χ4v) is 4.69. The molecule has 6 nitrogen and oxygen atoms in total. The average molecular weight is 423 g/mol. The first-order valence-electron chi connectivity index (χ1n) is 9.55. The molecule has 1 heterocycles. The van der Waals surface area contributed by atoms with E-state index >= 15 is 0 Å². The topological polar surface area (TPSA) is 92.7 Å². The summed E-state index contributed by atoms with van der Waals surface area (Å²) in [6, 6.07) is 17.4. The Morgan fingerprint density at radius 1 is 0.967 bits per heavy atom. The van der Waals surface area contributed by atoms with Crippen LogP contribution in [0.25, 0.3) is 11.1 Å². The van der Waals surface area contributed by atoms with Crippen molar-refractivity contribution in [2.45, 2.75) is 18.2 Å². The van der Waals surface area contributed by atoms with Gasteiger partial charge in [-0.3, -0.25) is 4.79 Å². The quantitative estimate of drug-likeness (QED) is 0.642. The normalized spacial score (nSPS) is 12.9. The van der Waals surface area contributed by atoms with E-state index in [-0.39, 0.29) is 29.6 Å². The molecule has 4 rings (SSSR count). The van der Waals surface area contributed by atoms with Crippen molar-refractivity contribution in [2.24, 2.45) is 0 Å². The van der Waals surface area contributed by atoms with Gasteiger partial charge in [0.05, 0.1) is 21.9 Å². The molecule has 3 aromatic rings. The number of nitrogens with one attached hydrogen (secondary N) is 1. The standard InChI is InChI=1S/C23H21NO5S/c1-15-6-8-22-20(12-15)24-23(26)19-14-17(7-9-21(19)29-22)16-4-2-5-18(13-16)30(27,28)11-3-10-25/h2,4-9,12-14,25H,3,10-11H2,1H3,(H,24,26). The average Bonchev–Trinajstić information content (AvgIpc) is 2.87. The third kappa shape index (κ3) is 3.94. The first-order chi connectivity index (χ1) is 14.4. The molecule has 154 valence electrons. The zero-order valence-electron chi connectivity index (χ0n) is 16.4. The van der Waals surface area contributed by atoms with Crippen molar-refractivity contribution >= 4 is 21.4 Å². The van der Waals surface area contributed by atoms with Crippen molar-refractivity contribution < 1.29 is 23.1 Å². The van der Waals surface area contributed by atoms with Crippen LogP contribution in [0.3, 0.4) is 0 Å². The first kappa shape index (κ1) is 20.1. The molecule has 0 bridgehead atoms. The second kappa shape index (κ2) is 7.93. The Bertz CT molecular complexity index is 1230. The Balaban J connectivity index is 1.71. The van der Waals surface area contributed by atoms with E-state index in [1.807, 2.05) is 25.1 Å². The van der Waals surface area contributed by atoms with E-state index in [2.05, 4.69) is 5.32 Å². The lowest BCUT2D eigenvalue weighted by molar-refractivity contribution is 0.102. The highest BCUT2D eigenvalue weighted by molar-refractivity contribution is 7.91. The van der Waals surface area contributed by atoms with Crippen molar-refractivity contribution in [3.05, 3.63) is 71.8 Å². The van der Waals surface area contributed by atoms with Crippen LogP contribution in [0.5, 0.6) is 11.5 Å². The second-order valence-electron chi connectivity index (χ2n) is 7.19. The van der Waals surface area contributed by atoms with Crippen LogP contribution in [-0.2, 0) is 9.84 Å². The number of rotatable bonds is 5. The highest BCUT2D eigenvalue weighted by Gasteiger charge is 2.22. The zero-order chi connectivity index (χ0) is 21.3. The molecule has 0 atom stereocenters. The van der Waals surface area contributed by atoms with Crippen molar-refractivity contribution in [1.82, 2.24) is 0 Å². The van der Waals surface area contributed by atoms with E-state index in [0.717, 1.165) is 5.56 Å². The molecule has 0 fully saturated rings. The first-order valence-corrected chi connectivity index (χ1v) is 11.2. The molecule has 0 aliphatic carbocycles. The van der Waals surface area contributed by atoms with Gasteiger partial charge in [0.25, 0.3) is 5.91 Å². The van der Waals surface area contributed by atoms with Crippen molar-refractivity contribution in [3.8, 4) is 22.6 Å². The Morgan fingerprint density at radius 2 is 1.73 bits per heavy atom. The summed E-state index contributed by atoms with van der Waals surface area (Å²) in [6.45, 7) is 1.75. The largest absolute Gasteiger partial charge is 0.454 e. The summed E-state index contributed by atoms with van der Waals surface area (Å²) in [7, 11) is -3.49. The number of aryl methyl sites for hydroxylation is 1. The molecule has 3 aromatic carbocycles. The van der Waals surface area contributed by atoms with E-state index < -0.39 is 9.84 Å². The Labute approximate surface area is 175 Å². The van der Waals surface area contributed by atoms with Gasteiger partial charge in [-0.1, -0.05) is 24.3 Å². The summed E-state index contributed by atoms with van der Waals surface area (Å²) in [4.78, 5) is 13.0. The maximum atomic E-state index is 12.8. The molecular weight excluding hydrogens is 402 g/mol. The minimum absolute atomic E-state index is 0.120. The highest BCUT2D eigenvalue weighted by Crippen LogP contribution is 2.38. The van der Waals surface area contributed by atoms with E-state index in [1.54, 1.807) is 36.4 Å². The van der Waals surface area contributed by atoms with Crippen LogP contribution >= 0.6 is 0 Å². The molecule has 0 spiro atoms. The van der Waals surface area contributed by atoms with Crippen molar-refractivity contribution in [3.63, 3.8) is 0 Å². The Hall–Kier alpha value is -3.16. The lowest BCUT2D eigenvalue weighted by Crippen LogP contribution is -2.10. The van der Waals surface area contributed by atoms with E-state index in [0.29, 0.717) is 33.9 Å². The predicted octanol–water partition coefficient (Wildman–Crippen LogP) is 4.18. The predicted molar refractivity (Wildman–Crippen MR) is 115 cm³/mol. The van der Waals surface area contributed by atoms with E-state index in [4.69, 9.17) is 9.84 Å². The summed E-state index contributed by atoms with van der Waals surface area (Å²) in [5.74, 6) is 0.594. The fourth-order valence-electron chi connectivity index (χ4n) is 3.36. The molecular formula is C23H21NO5S. The van der Waals surface area contributed by atoms with Gasteiger partial charge in [0, 0.05) is 6.61 Å². The number of aliphatic hydroxyl groups is 1. The fraction of sp³-hybridized carbons (Fsp3) is 0.174. The molecule has 0 saturated heterocycles. The van der Waals surface area contributed by atoms with Crippen LogP contribution in [-0.4, -0.2) is 31.8 Å². The number of ether oxygens (including phenoxy) is 1. The smallest absolute Gasteiger partial charge is 0.259 e. The summed E-state index contributed by atoms with van der Waals surface area (Å²) in [6.07, 6.45) is 0.183. The van der Waals surface area contributed by atoms with Crippen LogP contribution in [0.15, 0.2) is 65.6 Å². The van der Waals surface area contributed by atoms with Crippen LogP contribution in [0.4, 0.5) is 5.69 Å². The number of carbonyl (C=O) groups excluding carboxylic acids is 1. The Morgan fingerprint density at radius 3 is 2.53 bits per heavy atom. The van der Waals surface area contributed by atoms with Gasteiger partial charge >= 0.3 is 0 Å². The third-order valence-electron chi connectivity index (χ3n) is 4.93. The molecule has 0 unspecified atom stereocenters.